The number of aryl methyl sites for hydroxylation is 1. The summed E-state index contributed by atoms with van der Waals surface area (Å²) in [6.07, 6.45) is 4.90. The second kappa shape index (κ2) is 14.8. The minimum atomic E-state index is -0.313. The zero-order valence-electron chi connectivity index (χ0n) is 20.1. The molecule has 3 atom stereocenters. The Bertz CT molecular complexity index is 908. The number of hydrogen-bond donors (Lipinski definition) is 1. The average molecular weight is 547 g/mol. The van der Waals surface area contributed by atoms with Gasteiger partial charge in [0.25, 0.3) is 0 Å². The largest absolute Gasteiger partial charge is 0.487 e. The molecule has 1 aromatic heterocycles. The van der Waals surface area contributed by atoms with Crippen LogP contribution < -0.4 is 15.2 Å². The van der Waals surface area contributed by atoms with Gasteiger partial charge in [-0.15, -0.1) is 12.4 Å². The second-order valence-electron chi connectivity index (χ2n) is 8.62. The van der Waals surface area contributed by atoms with E-state index in [0.717, 1.165) is 43.3 Å². The number of carbonyl (C=O) groups excluding carboxylic acids is 1. The lowest BCUT2D eigenvalue weighted by atomic mass is 9.89. The van der Waals surface area contributed by atoms with Crippen LogP contribution in [-0.4, -0.2) is 62.7 Å². The summed E-state index contributed by atoms with van der Waals surface area (Å²) in [5.74, 6) is 1.04. The number of pyridine rings is 1. The lowest BCUT2D eigenvalue weighted by Crippen LogP contribution is -2.44. The topological polar surface area (TPSA) is 86.9 Å². The molecule has 2 N–H and O–H groups in total. The van der Waals surface area contributed by atoms with Crippen LogP contribution in [0.25, 0.3) is 0 Å². The first-order valence-electron chi connectivity index (χ1n) is 11.5. The fourth-order valence-corrected chi connectivity index (χ4v) is 5.18. The van der Waals surface area contributed by atoms with Crippen molar-refractivity contribution < 1.29 is 19.0 Å². The van der Waals surface area contributed by atoms with E-state index in [1.165, 1.54) is 0 Å². The number of methoxy groups -OCH3 is 1. The number of likely N-dealkylation sites (tertiary alicyclic amines) is 1. The Kier molecular flexibility index (Phi) is 12.6. The van der Waals surface area contributed by atoms with Gasteiger partial charge in [0.05, 0.1) is 16.7 Å². The lowest BCUT2D eigenvalue weighted by molar-refractivity contribution is -0.113. The maximum atomic E-state index is 11.8. The number of nitrogens with two attached hydrogens (primary N) is 1. The fraction of sp³-hybridized carbons (Fsp3) is 0.520. The highest BCUT2D eigenvalue weighted by Gasteiger charge is 2.32. The SMILES string of the molecule is COCC1CCCN(C(c2ccc(OCCOc3c(Cl)cc(C)cc3Cl)nc2)C(C=O)CN)C1.Cl. The molecule has 1 fully saturated rings. The van der Waals surface area contributed by atoms with Crippen LogP contribution in [-0.2, 0) is 9.53 Å². The molecule has 0 bridgehead atoms. The van der Waals surface area contributed by atoms with Gasteiger partial charge in [-0.3, -0.25) is 4.90 Å². The van der Waals surface area contributed by atoms with E-state index in [1.54, 1.807) is 25.4 Å². The monoisotopic (exact) mass is 545 g/mol. The van der Waals surface area contributed by atoms with Crippen molar-refractivity contribution in [1.82, 2.24) is 9.88 Å². The van der Waals surface area contributed by atoms with Crippen LogP contribution in [0.5, 0.6) is 11.6 Å². The molecule has 10 heteroatoms. The summed E-state index contributed by atoms with van der Waals surface area (Å²) >= 11 is 12.4. The van der Waals surface area contributed by atoms with Gasteiger partial charge in [0.15, 0.2) is 5.75 Å². The van der Waals surface area contributed by atoms with Crippen LogP contribution in [0.1, 0.15) is 30.0 Å². The molecular weight excluding hydrogens is 513 g/mol. The highest BCUT2D eigenvalue weighted by atomic mass is 35.5. The van der Waals surface area contributed by atoms with Crippen molar-refractivity contribution in [3.05, 3.63) is 51.6 Å². The van der Waals surface area contributed by atoms with Crippen LogP contribution in [0.4, 0.5) is 0 Å². The smallest absolute Gasteiger partial charge is 0.213 e. The van der Waals surface area contributed by atoms with Crippen molar-refractivity contribution in [2.24, 2.45) is 17.6 Å². The Hall–Kier alpha value is -1.61. The van der Waals surface area contributed by atoms with Crippen molar-refractivity contribution in [3.8, 4) is 11.6 Å². The Morgan fingerprint density at radius 1 is 1.23 bits per heavy atom. The van der Waals surface area contributed by atoms with Crippen LogP contribution in [0.15, 0.2) is 30.5 Å². The van der Waals surface area contributed by atoms with Crippen LogP contribution in [0, 0.1) is 18.8 Å². The molecule has 0 spiro atoms. The molecule has 0 amide bonds. The molecule has 35 heavy (non-hydrogen) atoms. The van der Waals surface area contributed by atoms with Crippen LogP contribution in [0.3, 0.4) is 0 Å². The summed E-state index contributed by atoms with van der Waals surface area (Å²) in [6.45, 7) is 5.23. The first-order chi connectivity index (χ1) is 16.5. The normalized spacial score (nSPS) is 17.8. The van der Waals surface area contributed by atoms with Gasteiger partial charge in [-0.25, -0.2) is 4.98 Å². The number of ether oxygens (including phenoxy) is 3. The van der Waals surface area contributed by atoms with Gasteiger partial charge >= 0.3 is 0 Å². The second-order valence-corrected chi connectivity index (χ2v) is 9.44. The average Bonchev–Trinajstić information content (AvgIpc) is 2.82. The molecule has 3 unspecified atom stereocenters. The number of rotatable bonds is 12. The summed E-state index contributed by atoms with van der Waals surface area (Å²) < 4.78 is 16.8. The molecule has 0 radical (unpaired) electrons. The van der Waals surface area contributed by atoms with E-state index < -0.39 is 0 Å². The standard InChI is InChI=1S/C25H33Cl2N3O4.ClH/c1-17-10-21(26)25(22(27)11-17)34-9-8-33-23-6-5-19(13-29-23)24(20(12-28)15-31)30-7-3-4-18(14-30)16-32-2;/h5-6,10-11,13,15,18,20,24H,3-4,7-9,12,14,16,28H2,1-2H3;1H. The quantitative estimate of drug-likeness (QED) is 0.304. The van der Waals surface area contributed by atoms with Gasteiger partial charge < -0.3 is 24.7 Å². The van der Waals surface area contributed by atoms with Gasteiger partial charge in [-0.05, 0) is 55.5 Å². The Morgan fingerprint density at radius 2 is 1.94 bits per heavy atom. The Balaban J connectivity index is 0.00000432. The first kappa shape index (κ1) is 29.6. The maximum Gasteiger partial charge on any atom is 0.213 e. The molecule has 1 aromatic carbocycles. The molecule has 7 nitrogen and oxygen atoms in total. The molecule has 1 aliphatic heterocycles. The summed E-state index contributed by atoms with van der Waals surface area (Å²) in [5.41, 5.74) is 7.86. The number of aldehydes is 1. The molecule has 0 saturated carbocycles. The van der Waals surface area contributed by atoms with Gasteiger partial charge in [0.2, 0.25) is 5.88 Å². The number of halogens is 3. The third-order valence-electron chi connectivity index (χ3n) is 6.02. The number of aromatic nitrogens is 1. The van der Waals surface area contributed by atoms with Crippen molar-refractivity contribution in [2.45, 2.75) is 25.8 Å². The van der Waals surface area contributed by atoms with Crippen molar-refractivity contribution in [2.75, 3.05) is 46.6 Å². The van der Waals surface area contributed by atoms with E-state index in [2.05, 4.69) is 9.88 Å². The molecule has 2 aromatic rings. The van der Waals surface area contributed by atoms with E-state index in [4.69, 9.17) is 43.1 Å². The van der Waals surface area contributed by atoms with Crippen molar-refractivity contribution in [3.63, 3.8) is 0 Å². The molecule has 1 aliphatic rings. The minimum Gasteiger partial charge on any atom is -0.487 e. The van der Waals surface area contributed by atoms with Gasteiger partial charge in [0, 0.05) is 44.4 Å². The number of hydrogen-bond acceptors (Lipinski definition) is 7. The van der Waals surface area contributed by atoms with E-state index in [1.807, 2.05) is 19.1 Å². The van der Waals surface area contributed by atoms with E-state index in [-0.39, 0.29) is 44.1 Å². The van der Waals surface area contributed by atoms with E-state index in [9.17, 15) is 4.79 Å². The Morgan fingerprint density at radius 3 is 2.54 bits per heavy atom. The summed E-state index contributed by atoms with van der Waals surface area (Å²) in [5, 5.41) is 0.933. The third kappa shape index (κ3) is 8.20. The summed E-state index contributed by atoms with van der Waals surface area (Å²) in [4.78, 5) is 18.6. The number of piperidine rings is 1. The molecule has 194 valence electrons. The third-order valence-corrected chi connectivity index (χ3v) is 6.58. The predicted molar refractivity (Wildman–Crippen MR) is 141 cm³/mol. The predicted octanol–water partition coefficient (Wildman–Crippen LogP) is 4.75. The van der Waals surface area contributed by atoms with Crippen LogP contribution >= 0.6 is 35.6 Å². The first-order valence-corrected chi connectivity index (χ1v) is 12.3. The number of nitrogens with zero attached hydrogens (tertiary/aromatic N) is 2. The molecule has 2 heterocycles. The molecule has 0 aliphatic carbocycles. The molecule has 1 saturated heterocycles. The van der Waals surface area contributed by atoms with Crippen LogP contribution in [0.2, 0.25) is 10.0 Å². The number of carbonyl (C=O) groups is 1. The zero-order valence-corrected chi connectivity index (χ0v) is 22.5. The van der Waals surface area contributed by atoms with Crippen molar-refractivity contribution >= 4 is 41.9 Å². The highest BCUT2D eigenvalue weighted by Crippen LogP contribution is 2.34. The summed E-state index contributed by atoms with van der Waals surface area (Å²) in [7, 11) is 1.72. The zero-order chi connectivity index (χ0) is 24.5. The maximum absolute atomic E-state index is 11.8. The van der Waals surface area contributed by atoms with Gasteiger partial charge in [-0.1, -0.05) is 29.3 Å². The number of benzene rings is 1. The van der Waals surface area contributed by atoms with E-state index in [0.29, 0.717) is 34.2 Å². The van der Waals surface area contributed by atoms with Gasteiger partial charge in [0.1, 0.15) is 19.5 Å². The summed E-state index contributed by atoms with van der Waals surface area (Å²) in [6, 6.07) is 7.23. The minimum absolute atomic E-state index is 0. The van der Waals surface area contributed by atoms with Crippen molar-refractivity contribution in [1.29, 1.82) is 0 Å². The Labute approximate surface area is 223 Å². The van der Waals surface area contributed by atoms with Gasteiger partial charge in [-0.2, -0.15) is 0 Å². The highest BCUT2D eigenvalue weighted by molar-refractivity contribution is 6.37. The molecular formula is C25H34Cl3N3O4. The lowest BCUT2D eigenvalue weighted by Gasteiger charge is -2.40. The fourth-order valence-electron chi connectivity index (χ4n) is 4.48. The molecule has 3 rings (SSSR count). The van der Waals surface area contributed by atoms with E-state index >= 15 is 0 Å².